The van der Waals surface area contributed by atoms with Crippen LogP contribution >= 0.6 is 0 Å². The fourth-order valence-corrected chi connectivity index (χ4v) is 5.20. The van der Waals surface area contributed by atoms with Gasteiger partial charge in [-0.05, 0) is 60.7 Å². The van der Waals surface area contributed by atoms with Crippen LogP contribution in [0.3, 0.4) is 0 Å². The Hall–Kier alpha value is -2.78. The van der Waals surface area contributed by atoms with Crippen LogP contribution < -0.4 is 0 Å². The van der Waals surface area contributed by atoms with Crippen LogP contribution in [0.25, 0.3) is 0 Å². The second-order valence-corrected chi connectivity index (χ2v) is 8.21. The van der Waals surface area contributed by atoms with E-state index in [1.54, 1.807) is 0 Å². The van der Waals surface area contributed by atoms with Crippen LogP contribution in [0.15, 0.2) is 90.2 Å². The van der Waals surface area contributed by atoms with Crippen molar-refractivity contribution in [2.24, 2.45) is 10.9 Å². The summed E-state index contributed by atoms with van der Waals surface area (Å²) in [6.45, 7) is 2.37. The van der Waals surface area contributed by atoms with Crippen LogP contribution in [0.4, 0.5) is 0 Å². The molecule has 0 amide bonds. The Labute approximate surface area is 173 Å². The lowest BCUT2D eigenvalue weighted by atomic mass is 9.71. The van der Waals surface area contributed by atoms with Gasteiger partial charge in [0.2, 0.25) is 0 Å². The fraction of sp³-hybridized carbons (Fsp3) is 0.308. The van der Waals surface area contributed by atoms with Gasteiger partial charge in [0.1, 0.15) is 0 Å². The van der Waals surface area contributed by atoms with Crippen molar-refractivity contribution in [1.82, 2.24) is 9.88 Å². The molecule has 0 N–H and O–H groups in total. The third-order valence-corrected chi connectivity index (χ3v) is 6.59. The quantitative estimate of drug-likeness (QED) is 0.594. The van der Waals surface area contributed by atoms with Crippen molar-refractivity contribution in [3.8, 4) is 0 Å². The lowest BCUT2D eigenvalue weighted by Gasteiger charge is -2.52. The Kier molecular flexibility index (Phi) is 5.23. The van der Waals surface area contributed by atoms with E-state index in [-0.39, 0.29) is 0 Å². The predicted octanol–water partition coefficient (Wildman–Crippen LogP) is 4.80. The molecule has 3 fully saturated rings. The summed E-state index contributed by atoms with van der Waals surface area (Å²) in [5.74, 6) is 0.998. The number of benzene rings is 2. The average molecular weight is 382 g/mol. The first-order valence-electron chi connectivity index (χ1n) is 10.7. The lowest BCUT2D eigenvalue weighted by molar-refractivity contribution is 0.0215. The summed E-state index contributed by atoms with van der Waals surface area (Å²) >= 11 is 0. The summed E-state index contributed by atoms with van der Waals surface area (Å²) in [6, 6.07) is 26.8. The molecule has 0 unspecified atom stereocenters. The first kappa shape index (κ1) is 18.3. The van der Waals surface area contributed by atoms with Crippen LogP contribution in [0.1, 0.15) is 35.4 Å². The van der Waals surface area contributed by atoms with Crippen LogP contribution in [-0.2, 0) is 0 Å². The normalized spacial score (nSPS) is 26.2. The Morgan fingerprint density at radius 1 is 0.828 bits per heavy atom. The zero-order chi connectivity index (χ0) is 19.5. The van der Waals surface area contributed by atoms with Gasteiger partial charge in [-0.15, -0.1) is 0 Å². The van der Waals surface area contributed by atoms with Crippen LogP contribution in [0.5, 0.6) is 0 Å². The predicted molar refractivity (Wildman–Crippen MR) is 118 cm³/mol. The van der Waals surface area contributed by atoms with E-state index in [2.05, 4.69) is 76.8 Å². The lowest BCUT2D eigenvalue weighted by Crippen LogP contribution is -2.59. The molecule has 6 rings (SSSR count). The van der Waals surface area contributed by atoms with Crippen molar-refractivity contribution in [2.45, 2.75) is 30.8 Å². The largest absolute Gasteiger partial charge is 0.297 e. The fourth-order valence-electron chi connectivity index (χ4n) is 5.20. The Morgan fingerprint density at radius 2 is 1.41 bits per heavy atom. The van der Waals surface area contributed by atoms with Gasteiger partial charge >= 0.3 is 0 Å². The molecular weight excluding hydrogens is 354 g/mol. The highest BCUT2D eigenvalue weighted by Crippen LogP contribution is 2.43. The van der Waals surface area contributed by atoms with Crippen LogP contribution in [-0.4, -0.2) is 41.3 Å². The number of hydrogen-bond acceptors (Lipinski definition) is 3. The maximum atomic E-state index is 5.20. The molecule has 3 aromatic rings. The van der Waals surface area contributed by atoms with Gasteiger partial charge < -0.3 is 0 Å². The number of rotatable bonds is 5. The molecule has 2 aromatic carbocycles. The minimum Gasteiger partial charge on any atom is -0.297 e. The molecule has 3 heteroatoms. The molecule has 3 saturated heterocycles. The zero-order valence-corrected chi connectivity index (χ0v) is 16.6. The summed E-state index contributed by atoms with van der Waals surface area (Å²) in [5.41, 5.74) is 3.91. The van der Waals surface area contributed by atoms with E-state index in [1.165, 1.54) is 37.1 Å². The second kappa shape index (κ2) is 8.30. The molecule has 29 heavy (non-hydrogen) atoms. The van der Waals surface area contributed by atoms with Crippen molar-refractivity contribution in [2.75, 3.05) is 13.1 Å². The van der Waals surface area contributed by atoms with E-state index >= 15 is 0 Å². The first-order valence-corrected chi connectivity index (χ1v) is 10.7. The van der Waals surface area contributed by atoms with E-state index in [1.807, 2.05) is 24.5 Å². The molecule has 0 radical (unpaired) electrons. The van der Waals surface area contributed by atoms with Gasteiger partial charge in [0, 0.05) is 30.6 Å². The summed E-state index contributed by atoms with van der Waals surface area (Å²) in [5, 5.41) is 0. The molecule has 0 saturated carbocycles. The van der Waals surface area contributed by atoms with Gasteiger partial charge in [0.15, 0.2) is 0 Å². The van der Waals surface area contributed by atoms with Gasteiger partial charge in [-0.2, -0.15) is 0 Å². The monoisotopic (exact) mass is 381 g/mol. The number of hydrogen-bond donors (Lipinski definition) is 0. The van der Waals surface area contributed by atoms with Gasteiger partial charge in [-0.3, -0.25) is 14.9 Å². The standard InChI is InChI=1S/C26H27N3/c1-3-7-21(8-4-1)24(22-9-5-2-6-10-22)26-25(23-13-17-29(26)18-14-23)28-19-20-11-15-27-16-12-20/h1-12,15-16,19,23-26H,13-14,17-18H2/t25-,26-/m1/s1. The molecule has 1 aromatic heterocycles. The zero-order valence-electron chi connectivity index (χ0n) is 16.6. The van der Waals surface area contributed by atoms with Gasteiger partial charge in [-0.25, -0.2) is 0 Å². The first-order chi connectivity index (χ1) is 14.4. The third kappa shape index (κ3) is 3.75. The van der Waals surface area contributed by atoms with Crippen molar-refractivity contribution >= 4 is 6.21 Å². The number of fused-ring (bicyclic) bond motifs is 3. The molecule has 0 aliphatic carbocycles. The Morgan fingerprint density at radius 3 is 2.00 bits per heavy atom. The highest BCUT2D eigenvalue weighted by Gasteiger charge is 2.46. The van der Waals surface area contributed by atoms with Gasteiger partial charge in [0.05, 0.1) is 6.04 Å². The van der Waals surface area contributed by atoms with E-state index in [9.17, 15) is 0 Å². The summed E-state index contributed by atoms with van der Waals surface area (Å²) in [6.07, 6.45) is 8.25. The highest BCUT2D eigenvalue weighted by atomic mass is 15.2. The van der Waals surface area contributed by atoms with Crippen molar-refractivity contribution in [3.63, 3.8) is 0 Å². The minimum absolute atomic E-state index is 0.316. The van der Waals surface area contributed by atoms with Crippen molar-refractivity contribution in [1.29, 1.82) is 0 Å². The Balaban J connectivity index is 1.56. The smallest absolute Gasteiger partial charge is 0.0693 e. The van der Waals surface area contributed by atoms with Gasteiger partial charge in [0.25, 0.3) is 0 Å². The van der Waals surface area contributed by atoms with E-state index in [0.717, 1.165) is 5.56 Å². The van der Waals surface area contributed by atoms with E-state index in [4.69, 9.17) is 4.99 Å². The number of aliphatic imine (C=N–C) groups is 1. The summed E-state index contributed by atoms with van der Waals surface area (Å²) < 4.78 is 0. The number of nitrogens with zero attached hydrogens (tertiary/aromatic N) is 3. The number of aromatic nitrogens is 1. The summed E-state index contributed by atoms with van der Waals surface area (Å²) in [7, 11) is 0. The van der Waals surface area contributed by atoms with Crippen LogP contribution in [0, 0.1) is 5.92 Å². The maximum absolute atomic E-state index is 5.20. The molecule has 0 spiro atoms. The third-order valence-electron chi connectivity index (χ3n) is 6.59. The van der Waals surface area contributed by atoms with Crippen molar-refractivity contribution < 1.29 is 0 Å². The molecule has 3 aliphatic rings. The van der Waals surface area contributed by atoms with Crippen LogP contribution in [0.2, 0.25) is 0 Å². The van der Waals surface area contributed by atoms with Gasteiger partial charge in [-0.1, -0.05) is 60.7 Å². The van der Waals surface area contributed by atoms with E-state index in [0.29, 0.717) is 23.9 Å². The Bertz CT molecular complexity index is 892. The number of piperidine rings is 3. The topological polar surface area (TPSA) is 28.5 Å². The second-order valence-electron chi connectivity index (χ2n) is 8.21. The highest BCUT2D eigenvalue weighted by molar-refractivity contribution is 5.79. The molecule has 3 aliphatic heterocycles. The molecule has 4 heterocycles. The molecule has 146 valence electrons. The molecule has 2 bridgehead atoms. The summed E-state index contributed by atoms with van der Waals surface area (Å²) in [4.78, 5) is 12.0. The minimum atomic E-state index is 0.316. The average Bonchev–Trinajstić information content (AvgIpc) is 2.81. The van der Waals surface area contributed by atoms with E-state index < -0.39 is 0 Å². The maximum Gasteiger partial charge on any atom is 0.0693 e. The number of pyridine rings is 1. The molecule has 3 nitrogen and oxygen atoms in total. The molecule has 2 atom stereocenters. The van der Waals surface area contributed by atoms with Crippen molar-refractivity contribution in [3.05, 3.63) is 102 Å². The molecular formula is C26H27N3. The SMILES string of the molecule is C(=N[C@@H]1C2CCN(CC2)[C@@H]1C(c1ccccc1)c1ccccc1)c1ccncc1.